The zero-order valence-corrected chi connectivity index (χ0v) is 8.19. The Kier molecular flexibility index (Phi) is 6.54. The number of rotatable bonds is 6. The second-order valence-corrected chi connectivity index (χ2v) is 2.91. The predicted molar refractivity (Wildman–Crippen MR) is 48.2 cm³/mol. The number of aliphatic hydroxyl groups excluding tert-OH is 2. The van der Waals surface area contributed by atoms with E-state index in [1.807, 2.05) is 6.92 Å². The van der Waals surface area contributed by atoms with Gasteiger partial charge in [-0.2, -0.15) is 0 Å². The van der Waals surface area contributed by atoms with Gasteiger partial charge in [0.2, 0.25) is 0 Å². The van der Waals surface area contributed by atoms with Crippen LogP contribution in [-0.4, -0.2) is 35.0 Å². The van der Waals surface area contributed by atoms with E-state index in [0.29, 0.717) is 6.42 Å². The molecule has 78 valence electrons. The third-order valence-corrected chi connectivity index (χ3v) is 1.75. The largest absolute Gasteiger partial charge is 0.464 e. The number of ether oxygens (including phenoxy) is 1. The van der Waals surface area contributed by atoms with Gasteiger partial charge in [0.25, 0.3) is 0 Å². The van der Waals surface area contributed by atoms with Crippen molar-refractivity contribution in [1.82, 2.24) is 0 Å². The Morgan fingerprint density at radius 2 is 2.00 bits per heavy atom. The van der Waals surface area contributed by atoms with Crippen LogP contribution in [-0.2, 0) is 9.53 Å². The van der Waals surface area contributed by atoms with Crippen LogP contribution in [0.1, 0.15) is 33.1 Å². The number of hydrogen-bond acceptors (Lipinski definition) is 4. The number of carbonyl (C=O) groups is 1. The maximum atomic E-state index is 10.9. The smallest absolute Gasteiger partial charge is 0.337 e. The Morgan fingerprint density at radius 3 is 2.46 bits per heavy atom. The molecule has 0 aromatic carbocycles. The number of carbonyl (C=O) groups excluding carboxylic acids is 1. The van der Waals surface area contributed by atoms with E-state index < -0.39 is 18.2 Å². The molecule has 4 heteroatoms. The second kappa shape index (κ2) is 6.86. The molecule has 2 N–H and O–H groups in total. The fourth-order valence-corrected chi connectivity index (χ4v) is 0.956. The van der Waals surface area contributed by atoms with Gasteiger partial charge in [0, 0.05) is 0 Å². The van der Waals surface area contributed by atoms with Gasteiger partial charge in [-0.1, -0.05) is 19.8 Å². The van der Waals surface area contributed by atoms with E-state index in [1.54, 1.807) is 6.92 Å². The molecule has 0 aliphatic carbocycles. The maximum absolute atomic E-state index is 10.9. The molecular formula is C9H18O4. The highest BCUT2D eigenvalue weighted by Crippen LogP contribution is 2.06. The van der Waals surface area contributed by atoms with Crippen LogP contribution in [0, 0.1) is 0 Å². The fourth-order valence-electron chi connectivity index (χ4n) is 0.956. The zero-order chi connectivity index (χ0) is 10.3. The van der Waals surface area contributed by atoms with Gasteiger partial charge in [0.15, 0.2) is 6.10 Å². The van der Waals surface area contributed by atoms with Crippen LogP contribution < -0.4 is 0 Å². The van der Waals surface area contributed by atoms with Crippen LogP contribution in [0.15, 0.2) is 0 Å². The number of unbranched alkanes of at least 4 members (excludes halogenated alkanes) is 1. The van der Waals surface area contributed by atoms with Gasteiger partial charge in [0.1, 0.15) is 0 Å². The lowest BCUT2D eigenvalue weighted by Gasteiger charge is -2.15. The van der Waals surface area contributed by atoms with E-state index in [0.717, 1.165) is 12.8 Å². The van der Waals surface area contributed by atoms with E-state index >= 15 is 0 Å². The summed E-state index contributed by atoms with van der Waals surface area (Å²) in [5.74, 6) is -0.744. The molecule has 2 atom stereocenters. The number of aliphatic hydroxyl groups is 2. The Hall–Kier alpha value is -0.610. The summed E-state index contributed by atoms with van der Waals surface area (Å²) in [7, 11) is 0. The van der Waals surface area contributed by atoms with Crippen molar-refractivity contribution < 1.29 is 19.7 Å². The van der Waals surface area contributed by atoms with E-state index in [-0.39, 0.29) is 6.61 Å². The topological polar surface area (TPSA) is 66.8 Å². The number of hydrogen-bond donors (Lipinski definition) is 2. The van der Waals surface area contributed by atoms with E-state index in [1.165, 1.54) is 0 Å². The van der Waals surface area contributed by atoms with Crippen LogP contribution in [0.3, 0.4) is 0 Å². The van der Waals surface area contributed by atoms with Gasteiger partial charge >= 0.3 is 5.97 Å². The molecule has 13 heavy (non-hydrogen) atoms. The minimum absolute atomic E-state index is 0.219. The first kappa shape index (κ1) is 12.4. The molecule has 0 radical (unpaired) electrons. The summed E-state index contributed by atoms with van der Waals surface area (Å²) >= 11 is 0. The normalized spacial score (nSPS) is 15.1. The average Bonchev–Trinajstić information content (AvgIpc) is 2.13. The van der Waals surface area contributed by atoms with Crippen LogP contribution in [0.4, 0.5) is 0 Å². The Morgan fingerprint density at radius 1 is 1.38 bits per heavy atom. The van der Waals surface area contributed by atoms with Gasteiger partial charge < -0.3 is 14.9 Å². The molecule has 0 amide bonds. The van der Waals surface area contributed by atoms with Crippen molar-refractivity contribution >= 4 is 5.97 Å². The van der Waals surface area contributed by atoms with Crippen molar-refractivity contribution in [1.29, 1.82) is 0 Å². The van der Waals surface area contributed by atoms with Crippen LogP contribution in [0.5, 0.6) is 0 Å². The van der Waals surface area contributed by atoms with Gasteiger partial charge in [-0.15, -0.1) is 0 Å². The molecule has 0 fully saturated rings. The Bertz CT molecular complexity index is 147. The Balaban J connectivity index is 3.79. The second-order valence-electron chi connectivity index (χ2n) is 2.91. The minimum atomic E-state index is -1.40. The standard InChI is InChI=1S/C9H18O4/c1-3-5-6-7(10)8(11)9(12)13-4-2/h7-8,10-11H,3-6H2,1-2H3. The van der Waals surface area contributed by atoms with Crippen LogP contribution >= 0.6 is 0 Å². The third kappa shape index (κ3) is 4.85. The lowest BCUT2D eigenvalue weighted by Crippen LogP contribution is -2.35. The first-order chi connectivity index (χ1) is 6.13. The monoisotopic (exact) mass is 190 g/mol. The van der Waals surface area contributed by atoms with Crippen molar-refractivity contribution in [2.75, 3.05) is 6.61 Å². The fraction of sp³-hybridized carbons (Fsp3) is 0.889. The number of esters is 1. The van der Waals surface area contributed by atoms with E-state index in [2.05, 4.69) is 4.74 Å². The molecule has 0 aromatic heterocycles. The molecule has 0 aliphatic rings. The molecule has 2 unspecified atom stereocenters. The molecule has 0 rings (SSSR count). The molecule has 0 saturated heterocycles. The first-order valence-corrected chi connectivity index (χ1v) is 4.66. The summed E-state index contributed by atoms with van der Waals surface area (Å²) in [6.45, 7) is 3.85. The van der Waals surface area contributed by atoms with E-state index in [4.69, 9.17) is 0 Å². The van der Waals surface area contributed by atoms with Crippen molar-refractivity contribution in [3.63, 3.8) is 0 Å². The molecule has 0 saturated carbocycles. The molecule has 0 heterocycles. The maximum Gasteiger partial charge on any atom is 0.337 e. The van der Waals surface area contributed by atoms with Crippen molar-refractivity contribution in [2.45, 2.75) is 45.3 Å². The zero-order valence-electron chi connectivity index (χ0n) is 8.19. The minimum Gasteiger partial charge on any atom is -0.464 e. The predicted octanol–water partition coefficient (Wildman–Crippen LogP) is 0.462. The highest BCUT2D eigenvalue weighted by atomic mass is 16.5. The molecule has 0 aliphatic heterocycles. The van der Waals surface area contributed by atoms with Crippen LogP contribution in [0.25, 0.3) is 0 Å². The molecule has 0 bridgehead atoms. The van der Waals surface area contributed by atoms with Gasteiger partial charge in [-0.3, -0.25) is 0 Å². The summed E-state index contributed by atoms with van der Waals surface area (Å²) in [5, 5.41) is 18.5. The van der Waals surface area contributed by atoms with Gasteiger partial charge in [-0.25, -0.2) is 4.79 Å². The summed E-state index contributed by atoms with van der Waals surface area (Å²) < 4.78 is 4.56. The summed E-state index contributed by atoms with van der Waals surface area (Å²) in [6.07, 6.45) is -0.258. The molecular weight excluding hydrogens is 172 g/mol. The van der Waals surface area contributed by atoms with Crippen molar-refractivity contribution in [2.24, 2.45) is 0 Å². The first-order valence-electron chi connectivity index (χ1n) is 4.66. The van der Waals surface area contributed by atoms with Crippen molar-refractivity contribution in [3.05, 3.63) is 0 Å². The molecule has 4 nitrogen and oxygen atoms in total. The summed E-state index contributed by atoms with van der Waals surface area (Å²) in [6, 6.07) is 0. The SMILES string of the molecule is CCCCC(O)C(O)C(=O)OCC. The Labute approximate surface area is 78.5 Å². The highest BCUT2D eigenvalue weighted by molar-refractivity contribution is 5.75. The summed E-state index contributed by atoms with van der Waals surface area (Å²) in [4.78, 5) is 10.9. The van der Waals surface area contributed by atoms with Crippen molar-refractivity contribution in [3.8, 4) is 0 Å². The van der Waals surface area contributed by atoms with Gasteiger partial charge in [-0.05, 0) is 13.3 Å². The molecule has 0 aromatic rings. The molecule has 0 spiro atoms. The highest BCUT2D eigenvalue weighted by Gasteiger charge is 2.24. The average molecular weight is 190 g/mol. The van der Waals surface area contributed by atoms with E-state index in [9.17, 15) is 15.0 Å². The quantitative estimate of drug-likeness (QED) is 0.597. The van der Waals surface area contributed by atoms with Crippen LogP contribution in [0.2, 0.25) is 0 Å². The third-order valence-electron chi connectivity index (χ3n) is 1.75. The lowest BCUT2D eigenvalue weighted by molar-refractivity contribution is -0.159. The summed E-state index contributed by atoms with van der Waals surface area (Å²) in [5.41, 5.74) is 0. The van der Waals surface area contributed by atoms with Gasteiger partial charge in [0.05, 0.1) is 12.7 Å². The lowest BCUT2D eigenvalue weighted by atomic mass is 10.1.